The fourth-order valence-corrected chi connectivity index (χ4v) is 2.05. The van der Waals surface area contributed by atoms with Gasteiger partial charge in [0.15, 0.2) is 0 Å². The van der Waals surface area contributed by atoms with Crippen molar-refractivity contribution in [3.05, 3.63) is 0 Å². The van der Waals surface area contributed by atoms with Crippen molar-refractivity contribution in [2.75, 3.05) is 13.2 Å². The van der Waals surface area contributed by atoms with E-state index in [0.29, 0.717) is 18.7 Å². The van der Waals surface area contributed by atoms with Crippen molar-refractivity contribution in [2.24, 2.45) is 0 Å². The van der Waals surface area contributed by atoms with Gasteiger partial charge in [0.25, 0.3) is 0 Å². The summed E-state index contributed by atoms with van der Waals surface area (Å²) in [5.74, 6) is 0.0291. The Morgan fingerprint density at radius 3 is 2.53 bits per heavy atom. The zero-order valence-electron chi connectivity index (χ0n) is 11.3. The molecular formula is C13H26N2O2. The average molecular weight is 242 g/mol. The van der Waals surface area contributed by atoms with Gasteiger partial charge in [0.2, 0.25) is 5.91 Å². The minimum Gasteiger partial charge on any atom is -0.367 e. The second-order valence-electron chi connectivity index (χ2n) is 5.11. The molecule has 0 spiro atoms. The maximum Gasteiger partial charge on any atom is 0.249 e. The van der Waals surface area contributed by atoms with Crippen LogP contribution in [0.4, 0.5) is 0 Å². The summed E-state index contributed by atoms with van der Waals surface area (Å²) in [7, 11) is 0. The highest BCUT2D eigenvalue weighted by atomic mass is 16.5. The Hall–Kier alpha value is -0.610. The molecule has 0 radical (unpaired) electrons. The highest BCUT2D eigenvalue weighted by Gasteiger charge is 2.20. The van der Waals surface area contributed by atoms with Crippen LogP contribution in [0.2, 0.25) is 0 Å². The molecule has 17 heavy (non-hydrogen) atoms. The largest absolute Gasteiger partial charge is 0.367 e. The molecule has 1 atom stereocenters. The first kappa shape index (κ1) is 14.5. The van der Waals surface area contributed by atoms with Crippen molar-refractivity contribution in [1.82, 2.24) is 10.6 Å². The van der Waals surface area contributed by atoms with Gasteiger partial charge < -0.3 is 15.4 Å². The van der Waals surface area contributed by atoms with Crippen LogP contribution >= 0.6 is 0 Å². The second kappa shape index (κ2) is 7.67. The lowest BCUT2D eigenvalue weighted by Crippen LogP contribution is -2.41. The molecule has 1 aliphatic rings. The number of nitrogens with one attached hydrogen (secondary N) is 2. The molecule has 0 heterocycles. The van der Waals surface area contributed by atoms with Gasteiger partial charge >= 0.3 is 0 Å². The van der Waals surface area contributed by atoms with Crippen molar-refractivity contribution < 1.29 is 9.53 Å². The summed E-state index contributed by atoms with van der Waals surface area (Å²) >= 11 is 0. The molecule has 4 heteroatoms. The van der Waals surface area contributed by atoms with Crippen molar-refractivity contribution >= 4 is 5.91 Å². The molecular weight excluding hydrogens is 216 g/mol. The number of ether oxygens (including phenoxy) is 1. The SMILES string of the molecule is CC(C)NCCOC(C)C(=O)NC1CCCC1. The summed E-state index contributed by atoms with van der Waals surface area (Å²) in [5, 5.41) is 6.30. The van der Waals surface area contributed by atoms with E-state index in [1.165, 1.54) is 12.8 Å². The van der Waals surface area contributed by atoms with E-state index >= 15 is 0 Å². The number of rotatable bonds is 7. The van der Waals surface area contributed by atoms with Crippen molar-refractivity contribution in [3.63, 3.8) is 0 Å². The molecule has 0 aromatic rings. The molecule has 0 aromatic heterocycles. The molecule has 2 N–H and O–H groups in total. The number of carbonyl (C=O) groups excluding carboxylic acids is 1. The molecule has 1 amide bonds. The summed E-state index contributed by atoms with van der Waals surface area (Å²) in [6, 6.07) is 0.837. The van der Waals surface area contributed by atoms with E-state index in [2.05, 4.69) is 24.5 Å². The van der Waals surface area contributed by atoms with E-state index in [1.54, 1.807) is 0 Å². The van der Waals surface area contributed by atoms with E-state index in [1.807, 2.05) is 6.92 Å². The second-order valence-corrected chi connectivity index (χ2v) is 5.11. The normalized spacial score (nSPS) is 18.6. The maximum absolute atomic E-state index is 11.8. The van der Waals surface area contributed by atoms with Crippen LogP contribution in [-0.4, -0.2) is 37.2 Å². The summed E-state index contributed by atoms with van der Waals surface area (Å²) in [4.78, 5) is 11.8. The third-order valence-corrected chi connectivity index (χ3v) is 3.09. The first-order valence-electron chi connectivity index (χ1n) is 6.75. The third kappa shape index (κ3) is 6.03. The standard InChI is InChI=1S/C13H26N2O2/c1-10(2)14-8-9-17-11(3)13(16)15-12-6-4-5-7-12/h10-12,14H,4-9H2,1-3H3,(H,15,16). The van der Waals surface area contributed by atoms with Crippen LogP contribution in [0.15, 0.2) is 0 Å². The van der Waals surface area contributed by atoms with E-state index in [0.717, 1.165) is 19.4 Å². The Bertz CT molecular complexity index is 225. The molecule has 0 aliphatic heterocycles. The van der Waals surface area contributed by atoms with E-state index < -0.39 is 0 Å². The smallest absolute Gasteiger partial charge is 0.249 e. The van der Waals surface area contributed by atoms with E-state index in [9.17, 15) is 4.79 Å². The van der Waals surface area contributed by atoms with Crippen molar-refractivity contribution in [2.45, 2.75) is 64.6 Å². The van der Waals surface area contributed by atoms with Gasteiger partial charge in [-0.3, -0.25) is 4.79 Å². The summed E-state index contributed by atoms with van der Waals surface area (Å²) in [6.45, 7) is 7.38. The van der Waals surface area contributed by atoms with Gasteiger partial charge in [0.05, 0.1) is 6.61 Å². The zero-order valence-corrected chi connectivity index (χ0v) is 11.3. The van der Waals surface area contributed by atoms with Crippen LogP contribution in [0.5, 0.6) is 0 Å². The predicted molar refractivity (Wildman–Crippen MR) is 69.0 cm³/mol. The van der Waals surface area contributed by atoms with Crippen molar-refractivity contribution in [1.29, 1.82) is 0 Å². The van der Waals surface area contributed by atoms with Gasteiger partial charge in [-0.25, -0.2) is 0 Å². The van der Waals surface area contributed by atoms with Crippen LogP contribution in [0, 0.1) is 0 Å². The minimum atomic E-state index is -0.343. The van der Waals surface area contributed by atoms with E-state index in [4.69, 9.17) is 4.74 Å². The maximum atomic E-state index is 11.8. The number of amides is 1. The molecule has 1 fully saturated rings. The first-order valence-corrected chi connectivity index (χ1v) is 6.75. The molecule has 0 aromatic carbocycles. The third-order valence-electron chi connectivity index (χ3n) is 3.09. The van der Waals surface area contributed by atoms with Gasteiger partial charge in [-0.2, -0.15) is 0 Å². The number of hydrogen-bond acceptors (Lipinski definition) is 3. The highest BCUT2D eigenvalue weighted by molar-refractivity contribution is 5.80. The summed E-state index contributed by atoms with van der Waals surface area (Å²) in [6.07, 6.45) is 4.36. The van der Waals surface area contributed by atoms with Gasteiger partial charge in [0, 0.05) is 18.6 Å². The quantitative estimate of drug-likeness (QED) is 0.664. The predicted octanol–water partition coefficient (Wildman–Crippen LogP) is 1.45. The van der Waals surface area contributed by atoms with E-state index in [-0.39, 0.29) is 12.0 Å². The Kier molecular flexibility index (Phi) is 6.52. The van der Waals surface area contributed by atoms with Crippen LogP contribution in [-0.2, 0) is 9.53 Å². The van der Waals surface area contributed by atoms with Crippen LogP contribution in [0.1, 0.15) is 46.5 Å². The van der Waals surface area contributed by atoms with Crippen LogP contribution < -0.4 is 10.6 Å². The lowest BCUT2D eigenvalue weighted by molar-refractivity contribution is -0.132. The molecule has 1 saturated carbocycles. The van der Waals surface area contributed by atoms with Crippen molar-refractivity contribution in [3.8, 4) is 0 Å². The Morgan fingerprint density at radius 2 is 1.94 bits per heavy atom. The van der Waals surface area contributed by atoms with Crippen LogP contribution in [0.3, 0.4) is 0 Å². The van der Waals surface area contributed by atoms with Crippen LogP contribution in [0.25, 0.3) is 0 Å². The van der Waals surface area contributed by atoms with Gasteiger partial charge in [0.1, 0.15) is 6.10 Å². The fourth-order valence-electron chi connectivity index (χ4n) is 2.05. The number of hydrogen-bond donors (Lipinski definition) is 2. The highest BCUT2D eigenvalue weighted by Crippen LogP contribution is 2.17. The average Bonchev–Trinajstić information content (AvgIpc) is 2.76. The Labute approximate surface area is 104 Å². The first-order chi connectivity index (χ1) is 8.09. The lowest BCUT2D eigenvalue weighted by Gasteiger charge is -2.17. The number of carbonyl (C=O) groups is 1. The minimum absolute atomic E-state index is 0.0291. The fraction of sp³-hybridized carbons (Fsp3) is 0.923. The molecule has 1 aliphatic carbocycles. The zero-order chi connectivity index (χ0) is 12.7. The lowest BCUT2D eigenvalue weighted by atomic mass is 10.2. The summed E-state index contributed by atoms with van der Waals surface area (Å²) in [5.41, 5.74) is 0. The molecule has 4 nitrogen and oxygen atoms in total. The molecule has 1 unspecified atom stereocenters. The Morgan fingerprint density at radius 1 is 1.29 bits per heavy atom. The van der Waals surface area contributed by atoms with Gasteiger partial charge in [-0.05, 0) is 19.8 Å². The van der Waals surface area contributed by atoms with Gasteiger partial charge in [-0.1, -0.05) is 26.7 Å². The molecule has 0 saturated heterocycles. The monoisotopic (exact) mass is 242 g/mol. The van der Waals surface area contributed by atoms with Gasteiger partial charge in [-0.15, -0.1) is 0 Å². The molecule has 100 valence electrons. The summed E-state index contributed by atoms with van der Waals surface area (Å²) < 4.78 is 5.49. The molecule has 1 rings (SSSR count). The molecule has 0 bridgehead atoms. The Balaban J connectivity index is 2.09. The topological polar surface area (TPSA) is 50.4 Å².